The van der Waals surface area contributed by atoms with Crippen molar-refractivity contribution in [2.45, 2.75) is 25.8 Å². The van der Waals surface area contributed by atoms with Crippen LogP contribution in [0.5, 0.6) is 0 Å². The molecule has 0 amide bonds. The number of anilines is 1. The van der Waals surface area contributed by atoms with E-state index in [0.29, 0.717) is 22.6 Å². The van der Waals surface area contributed by atoms with E-state index in [9.17, 15) is 15.8 Å². The van der Waals surface area contributed by atoms with Crippen molar-refractivity contribution in [3.63, 3.8) is 0 Å². The monoisotopic (exact) mass is 641 g/mol. The fourth-order valence-corrected chi connectivity index (χ4v) is 7.69. The highest BCUT2D eigenvalue weighted by molar-refractivity contribution is 6.10. The van der Waals surface area contributed by atoms with E-state index in [4.69, 9.17) is 0 Å². The Balaban J connectivity index is 1.28. The van der Waals surface area contributed by atoms with Crippen LogP contribution in [0.15, 0.2) is 145 Å². The topological polar surface area (TPSA) is 79.5 Å². The number of hydrogen-bond acceptors (Lipinski definition) is 4. The minimum Gasteiger partial charge on any atom is -0.337 e. The smallest absolute Gasteiger partial charge is 0.0998 e. The molecule has 6 aromatic rings. The Hall–Kier alpha value is -6.87. The van der Waals surface area contributed by atoms with E-state index in [-0.39, 0.29) is 6.04 Å². The van der Waals surface area contributed by atoms with Gasteiger partial charge in [-0.3, -0.25) is 0 Å². The second-order valence-electron chi connectivity index (χ2n) is 12.8. The zero-order valence-corrected chi connectivity index (χ0v) is 27.7. The van der Waals surface area contributed by atoms with Crippen molar-refractivity contribution in [1.29, 1.82) is 15.8 Å². The highest BCUT2D eigenvalue weighted by Gasteiger charge is 2.36. The van der Waals surface area contributed by atoms with E-state index in [0.717, 1.165) is 55.5 Å². The summed E-state index contributed by atoms with van der Waals surface area (Å²) in [6.07, 6.45) is 13.2. The lowest BCUT2D eigenvalue weighted by Gasteiger charge is -2.29. The van der Waals surface area contributed by atoms with Crippen LogP contribution in [0.4, 0.5) is 5.69 Å². The first-order valence-corrected chi connectivity index (χ1v) is 16.6. The molecule has 0 fully saturated rings. The van der Waals surface area contributed by atoms with Crippen LogP contribution in [-0.4, -0.2) is 10.6 Å². The van der Waals surface area contributed by atoms with Crippen molar-refractivity contribution >= 4 is 33.1 Å². The maximum Gasteiger partial charge on any atom is 0.0998 e. The molecule has 0 N–H and O–H groups in total. The molecule has 0 saturated carbocycles. The second-order valence-corrected chi connectivity index (χ2v) is 12.8. The quantitative estimate of drug-likeness (QED) is 0.175. The number of hydrogen-bond donors (Lipinski definition) is 0. The summed E-state index contributed by atoms with van der Waals surface area (Å²) in [5.74, 6) is 0.318. The summed E-state index contributed by atoms with van der Waals surface area (Å²) in [7, 11) is 0. The van der Waals surface area contributed by atoms with Crippen LogP contribution in [0.1, 0.15) is 47.6 Å². The molecule has 50 heavy (non-hydrogen) atoms. The molecule has 2 atom stereocenters. The fraction of sp³-hybridized carbons (Fsp3) is 0.0889. The zero-order valence-electron chi connectivity index (χ0n) is 27.7. The SMILES string of the molecule is C/C(=C\C=C(/C)N1c2ccccc2C2C=CC=CC21)c1cccc(C#N)c1-c1ccccc1-n1c2ccc(C#N)cc2c2cc(C#N)ccc21. The molecule has 2 heterocycles. The van der Waals surface area contributed by atoms with Gasteiger partial charge in [0.15, 0.2) is 0 Å². The predicted molar refractivity (Wildman–Crippen MR) is 201 cm³/mol. The molecule has 2 unspecified atom stereocenters. The zero-order chi connectivity index (χ0) is 34.4. The number of aromatic nitrogens is 1. The van der Waals surface area contributed by atoms with Crippen LogP contribution in [0, 0.1) is 34.0 Å². The summed E-state index contributed by atoms with van der Waals surface area (Å²) in [6.45, 7) is 4.26. The summed E-state index contributed by atoms with van der Waals surface area (Å²) in [5.41, 5.74) is 11.9. The summed E-state index contributed by atoms with van der Waals surface area (Å²) >= 11 is 0. The van der Waals surface area contributed by atoms with Crippen molar-refractivity contribution in [2.24, 2.45) is 0 Å². The van der Waals surface area contributed by atoms with Crippen LogP contribution in [0.25, 0.3) is 44.2 Å². The van der Waals surface area contributed by atoms with Crippen LogP contribution < -0.4 is 4.90 Å². The standard InChI is InChI=1S/C45H31N5/c1-29(18-19-30(2)49-40-15-6-3-11-35(40)36-12-4-7-16-41(36)49)34-14-9-10-33(28-48)45(34)37-13-5-8-17-42(37)50-43-22-20-31(26-46)24-38(43)39-25-32(27-47)21-23-44(39)50/h3-25,35,40H,1-2H3/b29-18+,30-19+. The molecule has 0 radical (unpaired) electrons. The average Bonchev–Trinajstić information content (AvgIpc) is 3.68. The number of nitrogens with zero attached hydrogens (tertiary/aromatic N) is 5. The molecule has 1 aliphatic carbocycles. The summed E-state index contributed by atoms with van der Waals surface area (Å²) in [4.78, 5) is 2.42. The molecule has 2 aliphatic rings. The first kappa shape index (κ1) is 30.5. The second kappa shape index (κ2) is 12.3. The van der Waals surface area contributed by atoms with E-state index >= 15 is 0 Å². The molecule has 0 saturated heterocycles. The Morgan fingerprint density at radius 2 is 1.32 bits per heavy atom. The number of fused-ring (bicyclic) bond motifs is 6. The Labute approximate surface area is 291 Å². The largest absolute Gasteiger partial charge is 0.337 e. The molecular formula is C45H31N5. The molecule has 5 nitrogen and oxygen atoms in total. The van der Waals surface area contributed by atoms with Crippen molar-refractivity contribution in [3.8, 4) is 35.0 Å². The highest BCUT2D eigenvalue weighted by atomic mass is 15.2. The maximum absolute atomic E-state index is 10.5. The van der Waals surface area contributed by atoms with E-state index in [1.54, 1.807) is 0 Å². The third-order valence-corrected chi connectivity index (χ3v) is 9.96. The molecule has 236 valence electrons. The lowest BCUT2D eigenvalue weighted by atomic mass is 9.90. The van der Waals surface area contributed by atoms with Crippen LogP contribution in [-0.2, 0) is 0 Å². The van der Waals surface area contributed by atoms with Crippen molar-refractivity contribution in [2.75, 3.05) is 4.90 Å². The van der Waals surface area contributed by atoms with Gasteiger partial charge in [0.2, 0.25) is 0 Å². The summed E-state index contributed by atoms with van der Waals surface area (Å²) in [5, 5.41) is 31.7. The lowest BCUT2D eigenvalue weighted by Crippen LogP contribution is -2.31. The molecule has 5 aromatic carbocycles. The van der Waals surface area contributed by atoms with Crippen LogP contribution >= 0.6 is 0 Å². The third-order valence-electron chi connectivity index (χ3n) is 9.96. The van der Waals surface area contributed by atoms with E-state index in [2.05, 4.69) is 120 Å². The van der Waals surface area contributed by atoms with Gasteiger partial charge in [-0.15, -0.1) is 0 Å². The van der Waals surface area contributed by atoms with Gasteiger partial charge in [-0.05, 0) is 91.2 Å². The first-order valence-electron chi connectivity index (χ1n) is 16.6. The van der Waals surface area contributed by atoms with E-state index < -0.39 is 0 Å². The number of nitriles is 3. The van der Waals surface area contributed by atoms with Crippen molar-refractivity contribution < 1.29 is 0 Å². The number of benzene rings is 5. The van der Waals surface area contributed by atoms with Crippen molar-refractivity contribution in [1.82, 2.24) is 4.57 Å². The Bertz CT molecular complexity index is 2550. The van der Waals surface area contributed by atoms with Gasteiger partial charge in [0.25, 0.3) is 0 Å². The van der Waals surface area contributed by atoms with Crippen LogP contribution in [0.2, 0.25) is 0 Å². The van der Waals surface area contributed by atoms with Crippen LogP contribution in [0.3, 0.4) is 0 Å². The lowest BCUT2D eigenvalue weighted by molar-refractivity contribution is 0.723. The van der Waals surface area contributed by atoms with E-state index in [1.807, 2.05) is 60.7 Å². The van der Waals surface area contributed by atoms with Gasteiger partial charge in [0.05, 0.1) is 57.7 Å². The van der Waals surface area contributed by atoms with Gasteiger partial charge in [-0.2, -0.15) is 15.8 Å². The Morgan fingerprint density at radius 3 is 2.02 bits per heavy atom. The summed E-state index contributed by atoms with van der Waals surface area (Å²) < 4.78 is 2.18. The van der Waals surface area contributed by atoms with Gasteiger partial charge < -0.3 is 9.47 Å². The molecule has 0 bridgehead atoms. The predicted octanol–water partition coefficient (Wildman–Crippen LogP) is 10.5. The van der Waals surface area contributed by atoms with Gasteiger partial charge in [-0.1, -0.05) is 78.9 Å². The minimum absolute atomic E-state index is 0.228. The Morgan fingerprint density at radius 1 is 0.660 bits per heavy atom. The van der Waals surface area contributed by atoms with Crippen molar-refractivity contribution in [3.05, 3.63) is 173 Å². The van der Waals surface area contributed by atoms with E-state index in [1.165, 1.54) is 11.3 Å². The molecule has 0 spiro atoms. The van der Waals surface area contributed by atoms with Gasteiger partial charge in [0, 0.05) is 39.2 Å². The third kappa shape index (κ3) is 4.83. The van der Waals surface area contributed by atoms with Gasteiger partial charge in [-0.25, -0.2) is 0 Å². The fourth-order valence-electron chi connectivity index (χ4n) is 7.69. The number of rotatable bonds is 5. The first-order chi connectivity index (χ1) is 24.5. The maximum atomic E-state index is 10.5. The summed E-state index contributed by atoms with van der Waals surface area (Å²) in [6, 6.07) is 41.2. The van der Waals surface area contributed by atoms with Gasteiger partial charge in [0.1, 0.15) is 0 Å². The molecule has 5 heteroatoms. The average molecular weight is 642 g/mol. The Kier molecular flexibility index (Phi) is 7.49. The highest BCUT2D eigenvalue weighted by Crippen LogP contribution is 2.46. The molecular weight excluding hydrogens is 611 g/mol. The molecule has 8 rings (SSSR count). The molecule has 1 aromatic heterocycles. The number of allylic oxidation sites excluding steroid dienone is 6. The molecule has 1 aliphatic heterocycles. The normalized spacial score (nSPS) is 16.6. The number of para-hydroxylation sites is 2. The van der Waals surface area contributed by atoms with Gasteiger partial charge >= 0.3 is 0 Å². The minimum atomic E-state index is 0.228.